The van der Waals surface area contributed by atoms with Crippen molar-refractivity contribution in [1.82, 2.24) is 15.1 Å². The van der Waals surface area contributed by atoms with E-state index in [0.29, 0.717) is 6.04 Å². The first-order valence-electron chi connectivity index (χ1n) is 6.92. The maximum Gasteiger partial charge on any atom is 0.0540 e. The van der Waals surface area contributed by atoms with Crippen LogP contribution in [0.25, 0.3) is 0 Å². The van der Waals surface area contributed by atoms with Gasteiger partial charge in [-0.1, -0.05) is 33.1 Å². The summed E-state index contributed by atoms with van der Waals surface area (Å²) < 4.78 is 1.97. The fourth-order valence-corrected chi connectivity index (χ4v) is 2.14. The Morgan fingerprint density at radius 1 is 1.29 bits per heavy atom. The average Bonchev–Trinajstić information content (AvgIpc) is 2.65. The number of aromatic nitrogens is 2. The van der Waals surface area contributed by atoms with Crippen LogP contribution in [0, 0.1) is 6.92 Å². The molecule has 0 aromatic carbocycles. The second-order valence-electron chi connectivity index (χ2n) is 4.81. The zero-order valence-electron chi connectivity index (χ0n) is 11.8. The van der Waals surface area contributed by atoms with E-state index in [2.05, 4.69) is 31.2 Å². The van der Waals surface area contributed by atoms with Gasteiger partial charge in [0.05, 0.1) is 6.20 Å². The number of aryl methyl sites for hydroxylation is 1. The van der Waals surface area contributed by atoms with Gasteiger partial charge in [0.2, 0.25) is 0 Å². The Labute approximate surface area is 106 Å². The second kappa shape index (κ2) is 7.49. The van der Waals surface area contributed by atoms with Gasteiger partial charge in [0.15, 0.2) is 0 Å². The highest BCUT2D eigenvalue weighted by atomic mass is 15.3. The van der Waals surface area contributed by atoms with Crippen LogP contribution in [0.5, 0.6) is 0 Å². The molecule has 0 aliphatic carbocycles. The molecular formula is C14H27N3. The fraction of sp³-hybridized carbons (Fsp3) is 0.786. The van der Waals surface area contributed by atoms with Crippen molar-refractivity contribution in [3.63, 3.8) is 0 Å². The molecule has 1 aromatic heterocycles. The van der Waals surface area contributed by atoms with Gasteiger partial charge in [-0.05, 0) is 26.3 Å². The van der Waals surface area contributed by atoms with E-state index in [1.54, 1.807) is 0 Å². The van der Waals surface area contributed by atoms with Gasteiger partial charge in [-0.25, -0.2) is 0 Å². The number of hydrogen-bond donors (Lipinski definition) is 1. The van der Waals surface area contributed by atoms with Crippen LogP contribution >= 0.6 is 0 Å². The van der Waals surface area contributed by atoms with Gasteiger partial charge in [0.25, 0.3) is 0 Å². The molecule has 1 rings (SSSR count). The van der Waals surface area contributed by atoms with Gasteiger partial charge >= 0.3 is 0 Å². The Morgan fingerprint density at radius 2 is 2.06 bits per heavy atom. The maximum atomic E-state index is 4.35. The summed E-state index contributed by atoms with van der Waals surface area (Å²) in [6, 6.07) is 0.482. The molecule has 0 saturated heterocycles. The molecule has 0 spiro atoms. The predicted octanol–water partition coefficient (Wildman–Crippen LogP) is 3.35. The van der Waals surface area contributed by atoms with Crippen LogP contribution in [-0.4, -0.2) is 16.3 Å². The summed E-state index contributed by atoms with van der Waals surface area (Å²) in [5, 5.41) is 8.00. The van der Waals surface area contributed by atoms with Crippen molar-refractivity contribution in [2.24, 2.45) is 7.05 Å². The molecule has 1 N–H and O–H groups in total. The van der Waals surface area contributed by atoms with Crippen molar-refractivity contribution >= 4 is 0 Å². The first kappa shape index (κ1) is 14.2. The van der Waals surface area contributed by atoms with Gasteiger partial charge in [-0.15, -0.1) is 0 Å². The third-order valence-corrected chi connectivity index (χ3v) is 3.39. The number of unbranched alkanes of at least 4 members (excludes halogenated alkanes) is 2. The van der Waals surface area contributed by atoms with Gasteiger partial charge in [-0.2, -0.15) is 5.10 Å². The topological polar surface area (TPSA) is 29.9 Å². The van der Waals surface area contributed by atoms with E-state index >= 15 is 0 Å². The molecule has 17 heavy (non-hydrogen) atoms. The molecule has 0 radical (unpaired) electrons. The highest BCUT2D eigenvalue weighted by Crippen LogP contribution is 2.22. The number of rotatable bonds is 8. The van der Waals surface area contributed by atoms with E-state index in [0.717, 1.165) is 6.54 Å². The van der Waals surface area contributed by atoms with Crippen molar-refractivity contribution in [2.45, 2.75) is 58.9 Å². The van der Waals surface area contributed by atoms with Gasteiger partial charge in [0.1, 0.15) is 0 Å². The van der Waals surface area contributed by atoms with Crippen LogP contribution in [-0.2, 0) is 7.05 Å². The molecule has 0 bridgehead atoms. The lowest BCUT2D eigenvalue weighted by atomic mass is 10.0. The van der Waals surface area contributed by atoms with E-state index in [1.165, 1.54) is 43.4 Å². The number of nitrogens with zero attached hydrogens (tertiary/aromatic N) is 2. The third-order valence-electron chi connectivity index (χ3n) is 3.39. The lowest BCUT2D eigenvalue weighted by Crippen LogP contribution is -2.22. The summed E-state index contributed by atoms with van der Waals surface area (Å²) >= 11 is 0. The summed E-state index contributed by atoms with van der Waals surface area (Å²) in [4.78, 5) is 0. The molecule has 0 amide bonds. The molecule has 3 heteroatoms. The molecule has 1 heterocycles. The van der Waals surface area contributed by atoms with Crippen molar-refractivity contribution in [3.05, 3.63) is 17.5 Å². The van der Waals surface area contributed by atoms with Crippen LogP contribution in [0.2, 0.25) is 0 Å². The lowest BCUT2D eigenvalue weighted by Gasteiger charge is -2.18. The Morgan fingerprint density at radius 3 is 2.59 bits per heavy atom. The van der Waals surface area contributed by atoms with Crippen LogP contribution in [0.15, 0.2) is 6.20 Å². The number of hydrogen-bond acceptors (Lipinski definition) is 2. The lowest BCUT2D eigenvalue weighted by molar-refractivity contribution is 0.472. The highest BCUT2D eigenvalue weighted by molar-refractivity contribution is 5.20. The molecule has 0 fully saturated rings. The van der Waals surface area contributed by atoms with Crippen LogP contribution in [0.4, 0.5) is 0 Å². The van der Waals surface area contributed by atoms with Crippen molar-refractivity contribution in [2.75, 3.05) is 6.54 Å². The van der Waals surface area contributed by atoms with Crippen molar-refractivity contribution in [1.29, 1.82) is 0 Å². The highest BCUT2D eigenvalue weighted by Gasteiger charge is 2.15. The average molecular weight is 237 g/mol. The Hall–Kier alpha value is -0.830. The number of nitrogens with one attached hydrogen (secondary N) is 1. The van der Waals surface area contributed by atoms with Crippen molar-refractivity contribution in [3.8, 4) is 0 Å². The molecule has 0 aliphatic rings. The first-order chi connectivity index (χ1) is 8.20. The predicted molar refractivity (Wildman–Crippen MR) is 73.1 cm³/mol. The fourth-order valence-electron chi connectivity index (χ4n) is 2.14. The smallest absolute Gasteiger partial charge is 0.0540 e. The molecule has 3 nitrogen and oxygen atoms in total. The van der Waals surface area contributed by atoms with E-state index in [4.69, 9.17) is 0 Å². The SMILES string of the molecule is CCCCCC(NCCC)c1cnn(C)c1C. The summed E-state index contributed by atoms with van der Waals surface area (Å²) in [5.74, 6) is 0. The minimum atomic E-state index is 0.482. The summed E-state index contributed by atoms with van der Waals surface area (Å²) in [6.07, 6.45) is 8.33. The van der Waals surface area contributed by atoms with E-state index in [9.17, 15) is 0 Å². The monoisotopic (exact) mass is 237 g/mol. The first-order valence-corrected chi connectivity index (χ1v) is 6.92. The minimum Gasteiger partial charge on any atom is -0.310 e. The summed E-state index contributed by atoms with van der Waals surface area (Å²) in [6.45, 7) is 7.71. The van der Waals surface area contributed by atoms with Crippen LogP contribution < -0.4 is 5.32 Å². The standard InChI is InChI=1S/C14H27N3/c1-5-7-8-9-14(15-10-6-2)13-11-16-17(4)12(13)3/h11,14-15H,5-10H2,1-4H3. The van der Waals surface area contributed by atoms with Crippen molar-refractivity contribution < 1.29 is 0 Å². The molecule has 1 aromatic rings. The molecule has 1 unspecified atom stereocenters. The second-order valence-corrected chi connectivity index (χ2v) is 4.81. The summed E-state index contributed by atoms with van der Waals surface area (Å²) in [5.41, 5.74) is 2.66. The largest absolute Gasteiger partial charge is 0.310 e. The van der Waals surface area contributed by atoms with Gasteiger partial charge in [-0.3, -0.25) is 4.68 Å². The molecule has 0 aliphatic heterocycles. The molecular weight excluding hydrogens is 210 g/mol. The minimum absolute atomic E-state index is 0.482. The van der Waals surface area contributed by atoms with Crippen LogP contribution in [0.3, 0.4) is 0 Å². The maximum absolute atomic E-state index is 4.35. The third kappa shape index (κ3) is 4.15. The van der Waals surface area contributed by atoms with Gasteiger partial charge < -0.3 is 5.32 Å². The molecule has 98 valence electrons. The van der Waals surface area contributed by atoms with E-state index in [1.807, 2.05) is 17.9 Å². The Kier molecular flexibility index (Phi) is 6.27. The van der Waals surface area contributed by atoms with E-state index < -0.39 is 0 Å². The normalized spacial score (nSPS) is 12.9. The van der Waals surface area contributed by atoms with Gasteiger partial charge in [0, 0.05) is 24.3 Å². The quantitative estimate of drug-likeness (QED) is 0.703. The Balaban J connectivity index is 2.64. The van der Waals surface area contributed by atoms with Crippen LogP contribution in [0.1, 0.15) is 63.3 Å². The van der Waals surface area contributed by atoms with E-state index in [-0.39, 0.29) is 0 Å². The zero-order chi connectivity index (χ0) is 12.7. The summed E-state index contributed by atoms with van der Waals surface area (Å²) in [7, 11) is 2.02. The zero-order valence-corrected chi connectivity index (χ0v) is 11.8. The Bertz CT molecular complexity index is 317. The molecule has 0 saturated carbocycles. The molecule has 1 atom stereocenters.